The molecule has 2 heterocycles. The summed E-state index contributed by atoms with van der Waals surface area (Å²) >= 11 is 7.05. The van der Waals surface area contributed by atoms with E-state index in [-0.39, 0.29) is 11.8 Å². The molecule has 0 bridgehead atoms. The van der Waals surface area contributed by atoms with E-state index in [2.05, 4.69) is 15.1 Å². The van der Waals surface area contributed by atoms with Crippen LogP contribution in [0.1, 0.15) is 11.4 Å². The maximum Gasteiger partial charge on any atom is 0.221 e. The average Bonchev–Trinajstić information content (AvgIpc) is 2.76. The minimum atomic E-state index is -0.215. The lowest BCUT2D eigenvalue weighted by atomic mass is 10.1. The van der Waals surface area contributed by atoms with Gasteiger partial charge < -0.3 is 5.73 Å². The highest BCUT2D eigenvalue weighted by atomic mass is 35.5. The molecule has 2 rings (SSSR count). The molecule has 1 aromatic rings. The smallest absolute Gasteiger partial charge is 0.221 e. The van der Waals surface area contributed by atoms with Gasteiger partial charge in [-0.2, -0.15) is 0 Å². The van der Waals surface area contributed by atoms with Gasteiger partial charge in [0.05, 0.1) is 12.5 Å². The van der Waals surface area contributed by atoms with Crippen LogP contribution >= 0.6 is 22.9 Å². The maximum absolute atomic E-state index is 11.0. The summed E-state index contributed by atoms with van der Waals surface area (Å²) in [7, 11) is 0. The lowest BCUT2D eigenvalue weighted by Crippen LogP contribution is -2.27. The molecule has 1 saturated heterocycles. The van der Waals surface area contributed by atoms with Crippen LogP contribution in [-0.2, 0) is 11.3 Å². The second-order valence-electron chi connectivity index (χ2n) is 3.57. The van der Waals surface area contributed by atoms with Gasteiger partial charge in [-0.25, -0.2) is 0 Å². The van der Waals surface area contributed by atoms with Crippen molar-refractivity contribution < 1.29 is 4.79 Å². The molecule has 0 aromatic carbocycles. The van der Waals surface area contributed by atoms with Crippen molar-refractivity contribution in [2.24, 2.45) is 11.7 Å². The molecule has 1 aliphatic rings. The molecule has 1 aromatic heterocycles. The molecule has 0 saturated carbocycles. The standard InChI is InChI=1S/C8H11ClN4OS/c9-8-12-11-6(15-8)4-13-2-1-5(3-13)7(10)14/h5H,1-4H2,(H2,10,14). The first-order chi connectivity index (χ1) is 7.15. The maximum atomic E-state index is 11.0. The van der Waals surface area contributed by atoms with E-state index in [0.29, 0.717) is 17.6 Å². The Kier molecular flexibility index (Phi) is 3.18. The zero-order valence-corrected chi connectivity index (χ0v) is 9.59. The van der Waals surface area contributed by atoms with Gasteiger partial charge in [0, 0.05) is 6.54 Å². The van der Waals surface area contributed by atoms with Gasteiger partial charge in [0.1, 0.15) is 5.01 Å². The van der Waals surface area contributed by atoms with Crippen LogP contribution < -0.4 is 5.73 Å². The SMILES string of the molecule is NC(=O)C1CCN(Cc2nnc(Cl)s2)C1. The van der Waals surface area contributed by atoms with Gasteiger partial charge >= 0.3 is 0 Å². The lowest BCUT2D eigenvalue weighted by molar-refractivity contribution is -0.121. The molecule has 1 aliphatic heterocycles. The number of rotatable bonds is 3. The molecular weight excluding hydrogens is 236 g/mol. The highest BCUT2D eigenvalue weighted by molar-refractivity contribution is 7.15. The van der Waals surface area contributed by atoms with Crippen LogP contribution in [-0.4, -0.2) is 34.1 Å². The van der Waals surface area contributed by atoms with Crippen LogP contribution in [0, 0.1) is 5.92 Å². The second-order valence-corrected chi connectivity index (χ2v) is 5.22. The third-order valence-corrected chi connectivity index (χ3v) is 3.48. The first kappa shape index (κ1) is 10.8. The number of primary amides is 1. The highest BCUT2D eigenvalue weighted by Gasteiger charge is 2.26. The Morgan fingerprint density at radius 3 is 3.00 bits per heavy atom. The van der Waals surface area contributed by atoms with Crippen molar-refractivity contribution in [3.63, 3.8) is 0 Å². The van der Waals surface area contributed by atoms with Gasteiger partial charge in [0.15, 0.2) is 0 Å². The Morgan fingerprint density at radius 1 is 1.67 bits per heavy atom. The number of carbonyl (C=O) groups excluding carboxylic acids is 1. The molecule has 1 fully saturated rings. The summed E-state index contributed by atoms with van der Waals surface area (Å²) in [5.74, 6) is -0.235. The molecule has 2 N–H and O–H groups in total. The number of hydrogen-bond acceptors (Lipinski definition) is 5. The molecule has 82 valence electrons. The van der Waals surface area contributed by atoms with Crippen LogP contribution in [0.25, 0.3) is 0 Å². The van der Waals surface area contributed by atoms with Gasteiger partial charge in [-0.05, 0) is 24.6 Å². The second kappa shape index (κ2) is 4.42. The van der Waals surface area contributed by atoms with Crippen molar-refractivity contribution in [1.82, 2.24) is 15.1 Å². The minimum absolute atomic E-state index is 0.0200. The summed E-state index contributed by atoms with van der Waals surface area (Å²) in [4.78, 5) is 13.1. The van der Waals surface area contributed by atoms with E-state index in [1.165, 1.54) is 11.3 Å². The van der Waals surface area contributed by atoms with Crippen molar-refractivity contribution >= 4 is 28.8 Å². The highest BCUT2D eigenvalue weighted by Crippen LogP contribution is 2.21. The molecule has 1 atom stereocenters. The number of aromatic nitrogens is 2. The summed E-state index contributed by atoms with van der Waals surface area (Å²) in [6, 6.07) is 0. The van der Waals surface area contributed by atoms with Gasteiger partial charge in [-0.15, -0.1) is 10.2 Å². The van der Waals surface area contributed by atoms with E-state index in [4.69, 9.17) is 17.3 Å². The van der Waals surface area contributed by atoms with Crippen molar-refractivity contribution in [3.8, 4) is 0 Å². The fourth-order valence-corrected chi connectivity index (χ4v) is 2.61. The van der Waals surface area contributed by atoms with Crippen LogP contribution in [0.4, 0.5) is 0 Å². The molecule has 5 nitrogen and oxygen atoms in total. The number of likely N-dealkylation sites (tertiary alicyclic amines) is 1. The van der Waals surface area contributed by atoms with Crippen molar-refractivity contribution in [2.45, 2.75) is 13.0 Å². The molecule has 1 amide bonds. The summed E-state index contributed by atoms with van der Waals surface area (Å²) in [5.41, 5.74) is 5.25. The van der Waals surface area contributed by atoms with Crippen molar-refractivity contribution in [1.29, 1.82) is 0 Å². The third kappa shape index (κ3) is 2.64. The first-order valence-electron chi connectivity index (χ1n) is 4.64. The minimum Gasteiger partial charge on any atom is -0.369 e. The normalized spacial score (nSPS) is 22.1. The van der Waals surface area contributed by atoms with Crippen molar-refractivity contribution in [2.75, 3.05) is 13.1 Å². The Bertz CT molecular complexity index is 369. The number of halogens is 1. The number of amides is 1. The predicted molar refractivity (Wildman–Crippen MR) is 57.5 cm³/mol. The van der Waals surface area contributed by atoms with E-state index < -0.39 is 0 Å². The molecule has 1 unspecified atom stereocenters. The monoisotopic (exact) mass is 246 g/mol. The Balaban J connectivity index is 1.90. The van der Waals surface area contributed by atoms with Gasteiger partial charge in [0.25, 0.3) is 0 Å². The summed E-state index contributed by atoms with van der Waals surface area (Å²) in [5, 5.41) is 8.54. The van der Waals surface area contributed by atoms with Crippen LogP contribution in [0.3, 0.4) is 0 Å². The lowest BCUT2D eigenvalue weighted by Gasteiger charge is -2.12. The zero-order valence-electron chi connectivity index (χ0n) is 8.02. The van der Waals surface area contributed by atoms with Gasteiger partial charge in [-0.3, -0.25) is 9.69 Å². The largest absolute Gasteiger partial charge is 0.369 e. The Morgan fingerprint density at radius 2 is 2.47 bits per heavy atom. The van der Waals surface area contributed by atoms with Crippen molar-refractivity contribution in [3.05, 3.63) is 9.47 Å². The van der Waals surface area contributed by atoms with Crippen LogP contribution in [0.5, 0.6) is 0 Å². The predicted octanol–water partition coefficient (Wildman–Crippen LogP) is 0.499. The fraction of sp³-hybridized carbons (Fsp3) is 0.625. The molecular formula is C8H11ClN4OS. The number of carbonyl (C=O) groups is 1. The molecule has 0 radical (unpaired) electrons. The van der Waals surface area contributed by atoms with E-state index in [1.807, 2.05) is 0 Å². The number of nitrogens with two attached hydrogens (primary N) is 1. The quantitative estimate of drug-likeness (QED) is 0.843. The Labute approximate surface area is 96.2 Å². The zero-order chi connectivity index (χ0) is 10.8. The molecule has 15 heavy (non-hydrogen) atoms. The van der Waals surface area contributed by atoms with Crippen LogP contribution in [0.2, 0.25) is 4.47 Å². The van der Waals surface area contributed by atoms with E-state index in [9.17, 15) is 4.79 Å². The average molecular weight is 247 g/mol. The first-order valence-corrected chi connectivity index (χ1v) is 5.84. The summed E-state index contributed by atoms with van der Waals surface area (Å²) < 4.78 is 0.454. The topological polar surface area (TPSA) is 72.1 Å². The summed E-state index contributed by atoms with van der Waals surface area (Å²) in [6.07, 6.45) is 0.835. The number of hydrogen-bond donors (Lipinski definition) is 1. The Hall–Kier alpha value is -0.720. The van der Waals surface area contributed by atoms with E-state index >= 15 is 0 Å². The number of nitrogens with zero attached hydrogens (tertiary/aromatic N) is 3. The van der Waals surface area contributed by atoms with Gasteiger partial charge in [0.2, 0.25) is 10.4 Å². The molecule has 7 heteroatoms. The van der Waals surface area contributed by atoms with E-state index in [0.717, 1.165) is 18.0 Å². The van der Waals surface area contributed by atoms with E-state index in [1.54, 1.807) is 0 Å². The molecule has 0 aliphatic carbocycles. The summed E-state index contributed by atoms with van der Waals surface area (Å²) in [6.45, 7) is 2.30. The van der Waals surface area contributed by atoms with Crippen LogP contribution in [0.15, 0.2) is 0 Å². The fourth-order valence-electron chi connectivity index (χ4n) is 1.70. The third-order valence-electron chi connectivity index (χ3n) is 2.48. The van der Waals surface area contributed by atoms with Gasteiger partial charge in [-0.1, -0.05) is 11.3 Å². The molecule has 0 spiro atoms.